The van der Waals surface area contributed by atoms with Crippen molar-refractivity contribution < 1.29 is 9.90 Å². The van der Waals surface area contributed by atoms with Gasteiger partial charge in [-0.15, -0.1) is 0 Å². The fraction of sp³-hybridized carbons (Fsp3) is 0.923. The Morgan fingerprint density at radius 3 is 2.53 bits per heavy atom. The summed E-state index contributed by atoms with van der Waals surface area (Å²) in [5.41, 5.74) is 0.0313. The summed E-state index contributed by atoms with van der Waals surface area (Å²) in [6.45, 7) is 2.20. The Hall–Kier alpha value is -0.610. The summed E-state index contributed by atoms with van der Waals surface area (Å²) in [5, 5.41) is 15.8. The van der Waals surface area contributed by atoms with Gasteiger partial charge in [0.1, 0.15) is 0 Å². The highest BCUT2D eigenvalue weighted by Gasteiger charge is 2.58. The lowest BCUT2D eigenvalue weighted by atomic mass is 9.77. The molecule has 3 aliphatic rings. The van der Waals surface area contributed by atoms with Crippen LogP contribution in [0.4, 0.5) is 0 Å². The first-order valence-electron chi connectivity index (χ1n) is 6.83. The molecular weight excluding hydrogens is 216 g/mol. The molecule has 0 bridgehead atoms. The van der Waals surface area contributed by atoms with E-state index in [1.807, 2.05) is 0 Å². The fourth-order valence-corrected chi connectivity index (χ4v) is 3.47. The molecule has 0 aromatic rings. The summed E-state index contributed by atoms with van der Waals surface area (Å²) >= 11 is 0. The number of piperidine rings is 1. The van der Waals surface area contributed by atoms with Crippen molar-refractivity contribution in [3.8, 4) is 0 Å². The van der Waals surface area contributed by atoms with Gasteiger partial charge in [0, 0.05) is 5.92 Å². The SMILES string of the molecule is O=C(NC1(CO)CCC1)C1CC12CCNCC2. The number of aliphatic hydroxyl groups is 1. The normalized spacial score (nSPS) is 32.9. The third kappa shape index (κ3) is 1.87. The van der Waals surface area contributed by atoms with E-state index in [2.05, 4.69) is 10.6 Å². The Bertz CT molecular complexity index is 314. The van der Waals surface area contributed by atoms with Gasteiger partial charge in [0.05, 0.1) is 12.1 Å². The third-order valence-corrected chi connectivity index (χ3v) is 5.11. The second-order valence-electron chi connectivity index (χ2n) is 6.15. The van der Waals surface area contributed by atoms with Crippen LogP contribution in [0.15, 0.2) is 0 Å². The second-order valence-corrected chi connectivity index (χ2v) is 6.15. The first-order chi connectivity index (χ1) is 8.20. The largest absolute Gasteiger partial charge is 0.394 e. The number of hydrogen-bond donors (Lipinski definition) is 3. The van der Waals surface area contributed by atoms with Crippen LogP contribution in [0.25, 0.3) is 0 Å². The molecule has 1 unspecified atom stereocenters. The number of hydrogen-bond acceptors (Lipinski definition) is 3. The van der Waals surface area contributed by atoms with Gasteiger partial charge in [-0.3, -0.25) is 4.79 Å². The first kappa shape index (κ1) is 11.5. The van der Waals surface area contributed by atoms with Crippen LogP contribution < -0.4 is 10.6 Å². The molecular formula is C13H22N2O2. The van der Waals surface area contributed by atoms with Crippen LogP contribution in [-0.4, -0.2) is 36.2 Å². The Kier molecular flexibility index (Phi) is 2.67. The minimum atomic E-state index is -0.270. The Morgan fingerprint density at radius 2 is 2.00 bits per heavy atom. The minimum Gasteiger partial charge on any atom is -0.394 e. The molecule has 3 fully saturated rings. The summed E-state index contributed by atoms with van der Waals surface area (Å²) < 4.78 is 0. The average molecular weight is 238 g/mol. The monoisotopic (exact) mass is 238 g/mol. The molecule has 1 saturated heterocycles. The zero-order valence-electron chi connectivity index (χ0n) is 10.3. The Balaban J connectivity index is 1.57. The lowest BCUT2D eigenvalue weighted by molar-refractivity contribution is -0.127. The second kappa shape index (κ2) is 3.95. The number of amides is 1. The molecule has 0 aromatic carbocycles. The molecule has 2 aliphatic carbocycles. The van der Waals surface area contributed by atoms with Gasteiger partial charge < -0.3 is 15.7 Å². The quantitative estimate of drug-likeness (QED) is 0.667. The van der Waals surface area contributed by atoms with E-state index in [9.17, 15) is 9.90 Å². The summed E-state index contributed by atoms with van der Waals surface area (Å²) in [6, 6.07) is 0. The van der Waals surface area contributed by atoms with Crippen molar-refractivity contribution in [1.29, 1.82) is 0 Å². The van der Waals surface area contributed by atoms with Crippen LogP contribution in [0.3, 0.4) is 0 Å². The smallest absolute Gasteiger partial charge is 0.224 e. The molecule has 3 rings (SSSR count). The standard InChI is InChI=1S/C13H22N2O2/c16-9-13(2-1-3-13)15-11(17)10-8-12(10)4-6-14-7-5-12/h10,14,16H,1-9H2,(H,15,17). The molecule has 0 aromatic heterocycles. The van der Waals surface area contributed by atoms with Gasteiger partial charge in [0.2, 0.25) is 5.91 Å². The molecule has 1 amide bonds. The van der Waals surface area contributed by atoms with E-state index in [0.29, 0.717) is 5.41 Å². The van der Waals surface area contributed by atoms with Crippen molar-refractivity contribution >= 4 is 5.91 Å². The van der Waals surface area contributed by atoms with Crippen LogP contribution in [0, 0.1) is 11.3 Å². The molecule has 1 heterocycles. The molecule has 1 aliphatic heterocycles. The van der Waals surface area contributed by atoms with E-state index in [4.69, 9.17) is 0 Å². The van der Waals surface area contributed by atoms with E-state index < -0.39 is 0 Å². The highest BCUT2D eigenvalue weighted by molar-refractivity contribution is 5.83. The van der Waals surface area contributed by atoms with Crippen LogP contribution in [0.2, 0.25) is 0 Å². The Morgan fingerprint density at radius 1 is 1.29 bits per heavy atom. The van der Waals surface area contributed by atoms with Crippen LogP contribution in [0.5, 0.6) is 0 Å². The zero-order chi connectivity index (χ0) is 11.9. The zero-order valence-corrected chi connectivity index (χ0v) is 10.3. The topological polar surface area (TPSA) is 61.4 Å². The maximum Gasteiger partial charge on any atom is 0.224 e. The van der Waals surface area contributed by atoms with Crippen LogP contribution in [-0.2, 0) is 4.79 Å². The molecule has 2 saturated carbocycles. The molecule has 4 heteroatoms. The van der Waals surface area contributed by atoms with E-state index >= 15 is 0 Å². The van der Waals surface area contributed by atoms with E-state index in [1.54, 1.807) is 0 Å². The predicted molar refractivity (Wildman–Crippen MR) is 64.5 cm³/mol. The van der Waals surface area contributed by atoms with Gasteiger partial charge in [-0.1, -0.05) is 0 Å². The number of rotatable bonds is 3. The van der Waals surface area contributed by atoms with Crippen molar-refractivity contribution in [3.05, 3.63) is 0 Å². The van der Waals surface area contributed by atoms with E-state index in [-0.39, 0.29) is 24.0 Å². The fourth-order valence-electron chi connectivity index (χ4n) is 3.47. The number of aliphatic hydroxyl groups excluding tert-OH is 1. The number of carbonyl (C=O) groups excluding carboxylic acids is 1. The van der Waals surface area contributed by atoms with Crippen molar-refractivity contribution in [2.75, 3.05) is 19.7 Å². The van der Waals surface area contributed by atoms with Gasteiger partial charge in [-0.25, -0.2) is 0 Å². The van der Waals surface area contributed by atoms with Gasteiger partial charge in [-0.05, 0) is 57.0 Å². The molecule has 1 atom stereocenters. The Labute approximate surface area is 102 Å². The first-order valence-corrected chi connectivity index (χ1v) is 6.83. The van der Waals surface area contributed by atoms with E-state index in [1.165, 1.54) is 0 Å². The third-order valence-electron chi connectivity index (χ3n) is 5.11. The molecule has 4 nitrogen and oxygen atoms in total. The molecule has 1 spiro atoms. The van der Waals surface area contributed by atoms with Crippen molar-refractivity contribution in [2.45, 2.75) is 44.1 Å². The predicted octanol–water partition coefficient (Wildman–Crippen LogP) is 0.407. The summed E-state index contributed by atoms with van der Waals surface area (Å²) in [7, 11) is 0. The van der Waals surface area contributed by atoms with Gasteiger partial charge >= 0.3 is 0 Å². The highest BCUT2D eigenvalue weighted by atomic mass is 16.3. The number of nitrogens with one attached hydrogen (secondary N) is 2. The summed E-state index contributed by atoms with van der Waals surface area (Å²) in [5.74, 6) is 0.411. The highest BCUT2D eigenvalue weighted by Crippen LogP contribution is 2.58. The van der Waals surface area contributed by atoms with Gasteiger partial charge in [-0.2, -0.15) is 0 Å². The lowest BCUT2D eigenvalue weighted by Crippen LogP contribution is -2.56. The van der Waals surface area contributed by atoms with Crippen molar-refractivity contribution in [3.63, 3.8) is 0 Å². The summed E-state index contributed by atoms with van der Waals surface area (Å²) in [4.78, 5) is 12.2. The van der Waals surface area contributed by atoms with Gasteiger partial charge in [0.15, 0.2) is 0 Å². The molecule has 17 heavy (non-hydrogen) atoms. The number of carbonyl (C=O) groups is 1. The maximum absolute atomic E-state index is 12.2. The molecule has 96 valence electrons. The van der Waals surface area contributed by atoms with Crippen LogP contribution in [0.1, 0.15) is 38.5 Å². The van der Waals surface area contributed by atoms with Crippen LogP contribution >= 0.6 is 0 Å². The van der Waals surface area contributed by atoms with Crippen molar-refractivity contribution in [1.82, 2.24) is 10.6 Å². The van der Waals surface area contributed by atoms with Crippen molar-refractivity contribution in [2.24, 2.45) is 11.3 Å². The van der Waals surface area contributed by atoms with E-state index in [0.717, 1.165) is 51.6 Å². The lowest BCUT2D eigenvalue weighted by Gasteiger charge is -2.41. The van der Waals surface area contributed by atoms with Gasteiger partial charge in [0.25, 0.3) is 0 Å². The average Bonchev–Trinajstić information content (AvgIpc) is 2.98. The molecule has 0 radical (unpaired) electrons. The summed E-state index contributed by atoms with van der Waals surface area (Å²) in [6.07, 6.45) is 6.34. The minimum absolute atomic E-state index is 0.0972. The molecule has 3 N–H and O–H groups in total. The maximum atomic E-state index is 12.2.